The largest absolute Gasteiger partial charge is 0.0656 e. The van der Waals surface area contributed by atoms with E-state index < -0.39 is 0 Å². The minimum atomic E-state index is 0.875. The summed E-state index contributed by atoms with van der Waals surface area (Å²) in [4.78, 5) is 0. The topological polar surface area (TPSA) is 0 Å². The third-order valence-corrected chi connectivity index (χ3v) is 5.35. The highest BCUT2D eigenvalue weighted by Gasteiger charge is 1.96. The van der Waals surface area contributed by atoms with Crippen molar-refractivity contribution in [2.75, 3.05) is 0 Å². The number of hydrogen-bond donors (Lipinski definition) is 0. The zero-order valence-electron chi connectivity index (χ0n) is 47.9. The Kier molecular flexibility index (Phi) is 157. The van der Waals surface area contributed by atoms with Gasteiger partial charge in [0.2, 0.25) is 0 Å². The highest BCUT2D eigenvalue weighted by atomic mass is 14.0. The molecule has 0 radical (unpaired) electrons. The molecule has 0 atom stereocenters. The average molecular weight is 810 g/mol. The van der Waals surface area contributed by atoms with Gasteiger partial charge in [-0.25, -0.2) is 0 Å². The van der Waals surface area contributed by atoms with Crippen LogP contribution in [-0.4, -0.2) is 0 Å². The summed E-state index contributed by atoms with van der Waals surface area (Å²) in [5.74, 6) is 7.09. The molecule has 0 rings (SSSR count). The lowest BCUT2D eigenvalue weighted by Crippen LogP contribution is -1.93. The van der Waals surface area contributed by atoms with Crippen molar-refractivity contribution in [1.82, 2.24) is 0 Å². The van der Waals surface area contributed by atoms with E-state index in [9.17, 15) is 0 Å². The lowest BCUT2D eigenvalue weighted by atomic mass is 10.0. The van der Waals surface area contributed by atoms with Crippen molar-refractivity contribution < 1.29 is 0 Å². The molecule has 56 heavy (non-hydrogen) atoms. The number of hydrogen-bond acceptors (Lipinski definition) is 0. The van der Waals surface area contributed by atoms with Crippen LogP contribution in [0.1, 0.15) is 324 Å². The summed E-state index contributed by atoms with van der Waals surface area (Å²) in [5.41, 5.74) is 0. The molecule has 0 aromatic rings. The molecule has 0 heterocycles. The molecule has 0 spiro atoms. The number of rotatable bonds is 12. The maximum absolute atomic E-state index is 2.26. The highest BCUT2D eigenvalue weighted by Crippen LogP contribution is 2.09. The van der Waals surface area contributed by atoms with Crippen LogP contribution in [0, 0.1) is 47.3 Å². The summed E-state index contributed by atoms with van der Waals surface area (Å²) in [6.07, 6.45) is 21.0. The van der Waals surface area contributed by atoms with Gasteiger partial charge in [0.05, 0.1) is 0 Å². The van der Waals surface area contributed by atoms with Crippen molar-refractivity contribution in [3.05, 3.63) is 0 Å². The van der Waals surface area contributed by atoms with E-state index in [4.69, 9.17) is 0 Å². The second-order valence-electron chi connectivity index (χ2n) is 19.0. The first-order chi connectivity index (χ1) is 25.8. The molecule has 0 bridgehead atoms. The molecule has 0 aliphatic rings. The molecule has 0 amide bonds. The van der Waals surface area contributed by atoms with Crippen LogP contribution in [0.5, 0.6) is 0 Å². The van der Waals surface area contributed by atoms with Gasteiger partial charge in [0.25, 0.3) is 0 Å². The van der Waals surface area contributed by atoms with Crippen LogP contribution in [0.2, 0.25) is 0 Å². The Morgan fingerprint density at radius 1 is 0.179 bits per heavy atom. The first-order valence-electron chi connectivity index (χ1n) is 25.8. The predicted octanol–water partition coefficient (Wildman–Crippen LogP) is 23.6. The van der Waals surface area contributed by atoms with Gasteiger partial charge in [-0.2, -0.15) is 0 Å². The summed E-state index contributed by atoms with van der Waals surface area (Å²) in [6.45, 7) is 70.5. The van der Waals surface area contributed by atoms with E-state index in [0.29, 0.717) is 0 Å². The molecule has 0 aliphatic carbocycles. The molecule has 0 heteroatoms. The Morgan fingerprint density at radius 3 is 0.268 bits per heavy atom. The standard InChI is InChI=1S/2C7H16.4C6H14.6C3H8/c2*1-6(2)5-7(3)4;4*1-4-5-6(2)3;6*1-3-2/h2*6-7H,5H2,1-4H3;4*6H,4-5H2,1-3H3;6*3H2,1-2H3. The molecule has 0 unspecified atom stereocenters. The molecule has 0 saturated carbocycles. The molecule has 0 saturated heterocycles. The van der Waals surface area contributed by atoms with Crippen molar-refractivity contribution >= 4 is 0 Å². The molecule has 0 N–H and O–H groups in total. The van der Waals surface area contributed by atoms with E-state index in [1.807, 2.05) is 0 Å². The maximum Gasteiger partial charge on any atom is -0.0469 e. The molecule has 0 aromatic carbocycles. The van der Waals surface area contributed by atoms with Gasteiger partial charge in [0.1, 0.15) is 0 Å². The first kappa shape index (κ1) is 87.5. The van der Waals surface area contributed by atoms with Gasteiger partial charge < -0.3 is 0 Å². The highest BCUT2D eigenvalue weighted by molar-refractivity contribution is 4.48. The molecule has 0 nitrogen and oxygen atoms in total. The van der Waals surface area contributed by atoms with E-state index >= 15 is 0 Å². The van der Waals surface area contributed by atoms with E-state index in [-0.39, 0.29) is 0 Å². The van der Waals surface area contributed by atoms with Crippen LogP contribution < -0.4 is 0 Å². The van der Waals surface area contributed by atoms with Crippen molar-refractivity contribution in [2.24, 2.45) is 47.3 Å². The first-order valence-corrected chi connectivity index (χ1v) is 25.8. The Balaban J connectivity index is -0.0000000383. The molecule has 0 aliphatic heterocycles. The second kappa shape index (κ2) is 100. The van der Waals surface area contributed by atoms with Gasteiger partial charge in [-0.05, 0) is 60.2 Å². The third kappa shape index (κ3) is 379. The summed E-state index contributed by atoms with van der Waals surface area (Å²) in [7, 11) is 0. The minimum Gasteiger partial charge on any atom is -0.0656 e. The summed E-state index contributed by atoms with van der Waals surface area (Å²) in [6, 6.07) is 0. The average Bonchev–Trinajstić information content (AvgIpc) is 3.00. The fourth-order valence-electron chi connectivity index (χ4n) is 4.20. The van der Waals surface area contributed by atoms with Crippen LogP contribution in [0.3, 0.4) is 0 Å². The van der Waals surface area contributed by atoms with E-state index in [0.717, 1.165) is 47.3 Å². The van der Waals surface area contributed by atoms with Crippen LogP contribution in [0.15, 0.2) is 0 Å². The van der Waals surface area contributed by atoms with Gasteiger partial charge in [0, 0.05) is 0 Å². The summed E-state index contributed by atoms with van der Waals surface area (Å²) < 4.78 is 0. The van der Waals surface area contributed by atoms with Crippen molar-refractivity contribution in [2.45, 2.75) is 324 Å². The zero-order chi connectivity index (χ0) is 47.9. The maximum atomic E-state index is 2.26. The summed E-state index contributed by atoms with van der Waals surface area (Å²) >= 11 is 0. The monoisotopic (exact) mass is 809 g/mol. The van der Waals surface area contributed by atoms with Crippen LogP contribution in [0.25, 0.3) is 0 Å². The van der Waals surface area contributed by atoms with E-state index in [1.54, 1.807) is 0 Å². The Hall–Kier alpha value is 0. The van der Waals surface area contributed by atoms with Gasteiger partial charge in [-0.1, -0.05) is 311 Å². The van der Waals surface area contributed by atoms with Crippen molar-refractivity contribution in [3.63, 3.8) is 0 Å². The van der Waals surface area contributed by atoms with Crippen molar-refractivity contribution in [1.29, 1.82) is 0 Å². The van der Waals surface area contributed by atoms with Crippen molar-refractivity contribution in [3.8, 4) is 0 Å². The van der Waals surface area contributed by atoms with Gasteiger partial charge in [0.15, 0.2) is 0 Å². The predicted molar refractivity (Wildman–Crippen MR) is 283 cm³/mol. The van der Waals surface area contributed by atoms with Crippen LogP contribution in [0.4, 0.5) is 0 Å². The molecular weight excluding hydrogens is 673 g/mol. The lowest BCUT2D eigenvalue weighted by molar-refractivity contribution is 0.469. The van der Waals surface area contributed by atoms with Gasteiger partial charge in [-0.3, -0.25) is 0 Å². The van der Waals surface area contributed by atoms with E-state index in [2.05, 4.69) is 222 Å². The fourth-order valence-corrected chi connectivity index (χ4v) is 4.20. The van der Waals surface area contributed by atoms with Gasteiger partial charge in [-0.15, -0.1) is 0 Å². The molecule has 0 aromatic heterocycles. The van der Waals surface area contributed by atoms with Crippen LogP contribution >= 0.6 is 0 Å². The normalized spacial score (nSPS) is 9.00. The fraction of sp³-hybridized carbons (Fsp3) is 1.00. The summed E-state index contributed by atoms with van der Waals surface area (Å²) in [5, 5.41) is 0. The molecular formula is C56H136. The Bertz CT molecular complexity index is 328. The molecule has 360 valence electrons. The Morgan fingerprint density at radius 2 is 0.268 bits per heavy atom. The third-order valence-electron chi connectivity index (χ3n) is 5.35. The Labute approximate surface area is 370 Å². The van der Waals surface area contributed by atoms with Gasteiger partial charge >= 0.3 is 0 Å². The lowest BCUT2D eigenvalue weighted by Gasteiger charge is -2.05. The van der Waals surface area contributed by atoms with Crippen LogP contribution in [-0.2, 0) is 0 Å². The SMILES string of the molecule is CC(C)CC(C)C.CC(C)CC(C)C.CCC.CCC.CCC.CCC.CCC.CCC.CCCC(C)C.CCCC(C)C.CCCC(C)C.CCCC(C)C. The second-order valence-corrected chi connectivity index (χ2v) is 19.0. The minimum absolute atomic E-state index is 0.875. The zero-order valence-corrected chi connectivity index (χ0v) is 47.9. The molecule has 0 fully saturated rings. The smallest absolute Gasteiger partial charge is 0.0469 e. The quantitative estimate of drug-likeness (QED) is 0.184. The van der Waals surface area contributed by atoms with E-state index in [1.165, 1.54) is 103 Å².